The molecule has 0 amide bonds. The van der Waals surface area contributed by atoms with Gasteiger partial charge in [-0.15, -0.1) is 0 Å². The van der Waals surface area contributed by atoms with Gasteiger partial charge in [-0.25, -0.2) is 9.78 Å². The van der Waals surface area contributed by atoms with Crippen molar-refractivity contribution in [2.24, 2.45) is 0 Å². The summed E-state index contributed by atoms with van der Waals surface area (Å²) < 4.78 is 7.59. The summed E-state index contributed by atoms with van der Waals surface area (Å²) >= 11 is 0. The minimum absolute atomic E-state index is 0.0403. The van der Waals surface area contributed by atoms with Crippen LogP contribution in [0, 0.1) is 6.92 Å². The molecule has 1 aliphatic carbocycles. The van der Waals surface area contributed by atoms with Crippen LogP contribution in [-0.4, -0.2) is 32.0 Å². The van der Waals surface area contributed by atoms with Crippen molar-refractivity contribution in [2.45, 2.75) is 65.2 Å². The van der Waals surface area contributed by atoms with Gasteiger partial charge in [0.05, 0.1) is 12.3 Å². The number of fused-ring (bicyclic) bond motifs is 1. The number of hydrogen-bond acceptors (Lipinski definition) is 4. The second-order valence-corrected chi connectivity index (χ2v) is 9.59. The van der Waals surface area contributed by atoms with Crippen molar-refractivity contribution in [3.63, 3.8) is 0 Å². The Kier molecular flexibility index (Phi) is 7.31. The van der Waals surface area contributed by atoms with Gasteiger partial charge in [0.25, 0.3) is 0 Å². The molecule has 35 heavy (non-hydrogen) atoms. The predicted molar refractivity (Wildman–Crippen MR) is 135 cm³/mol. The van der Waals surface area contributed by atoms with Gasteiger partial charge in [-0.1, -0.05) is 66.2 Å². The van der Waals surface area contributed by atoms with Gasteiger partial charge in [-0.2, -0.15) is 0 Å². The van der Waals surface area contributed by atoms with Crippen molar-refractivity contribution < 1.29 is 19.4 Å². The number of aromatic nitrogens is 2. The summed E-state index contributed by atoms with van der Waals surface area (Å²) in [5, 5.41) is 9.18. The molecular weight excluding hydrogens is 440 g/mol. The lowest BCUT2D eigenvalue weighted by Crippen LogP contribution is -2.34. The van der Waals surface area contributed by atoms with E-state index in [1.165, 1.54) is 5.69 Å². The monoisotopic (exact) mass is 472 g/mol. The van der Waals surface area contributed by atoms with Crippen LogP contribution < -0.4 is 0 Å². The SMILES string of the molecule is Cc1ccc(C(=O)c2nc3c(n2C/C=C/c2ccc(COC(C)(C)C(=O)O)cc2)CCCC3)cc1. The van der Waals surface area contributed by atoms with Crippen LogP contribution in [0.1, 0.15) is 70.9 Å². The Balaban J connectivity index is 1.49. The molecule has 6 heteroatoms. The fourth-order valence-electron chi connectivity index (χ4n) is 4.15. The third-order valence-electron chi connectivity index (χ3n) is 6.44. The molecule has 0 saturated heterocycles. The minimum atomic E-state index is -1.23. The summed E-state index contributed by atoms with van der Waals surface area (Å²) in [6.07, 6.45) is 8.17. The van der Waals surface area contributed by atoms with Crippen LogP contribution in [0.2, 0.25) is 0 Å². The molecule has 0 fully saturated rings. The van der Waals surface area contributed by atoms with Crippen LogP contribution >= 0.6 is 0 Å². The van der Waals surface area contributed by atoms with Crippen LogP contribution in [0.15, 0.2) is 54.6 Å². The van der Waals surface area contributed by atoms with E-state index in [1.807, 2.05) is 61.5 Å². The fraction of sp³-hybridized carbons (Fsp3) is 0.345. The van der Waals surface area contributed by atoms with E-state index in [1.54, 1.807) is 13.8 Å². The maximum Gasteiger partial charge on any atom is 0.335 e. The fourth-order valence-corrected chi connectivity index (χ4v) is 4.15. The molecule has 0 spiro atoms. The number of carbonyl (C=O) groups is 2. The number of carbonyl (C=O) groups excluding carboxylic acids is 1. The first kappa shape index (κ1) is 24.6. The Morgan fingerprint density at radius 1 is 1.06 bits per heavy atom. The Morgan fingerprint density at radius 2 is 1.74 bits per heavy atom. The molecule has 1 aliphatic rings. The lowest BCUT2D eigenvalue weighted by Gasteiger charge is -2.20. The van der Waals surface area contributed by atoms with E-state index in [0.717, 1.165) is 48.1 Å². The molecule has 0 bridgehead atoms. The Hall–Kier alpha value is -3.51. The molecule has 2 aromatic carbocycles. The third-order valence-corrected chi connectivity index (χ3v) is 6.44. The second kappa shape index (κ2) is 10.4. The number of nitrogens with zero attached hydrogens (tertiary/aromatic N) is 2. The first-order valence-corrected chi connectivity index (χ1v) is 12.1. The van der Waals surface area contributed by atoms with Crippen LogP contribution in [0.25, 0.3) is 6.08 Å². The van der Waals surface area contributed by atoms with Crippen molar-refractivity contribution >= 4 is 17.8 Å². The van der Waals surface area contributed by atoms with E-state index < -0.39 is 11.6 Å². The zero-order valence-corrected chi connectivity index (χ0v) is 20.6. The standard InChI is InChI=1S/C29H32N2O4/c1-20-10-16-23(17-11-20)26(32)27-30-24-8-4-5-9-25(24)31(27)18-6-7-21-12-14-22(15-13-21)19-35-29(2,3)28(33)34/h6-7,10-17H,4-5,8-9,18-19H2,1-3H3,(H,33,34)/b7-6+. The summed E-state index contributed by atoms with van der Waals surface area (Å²) in [4.78, 5) is 29.2. The number of ketones is 1. The predicted octanol–water partition coefficient (Wildman–Crippen LogP) is 5.39. The highest BCUT2D eigenvalue weighted by Gasteiger charge is 2.28. The first-order valence-electron chi connectivity index (χ1n) is 12.1. The van der Waals surface area contributed by atoms with E-state index in [-0.39, 0.29) is 12.4 Å². The maximum absolute atomic E-state index is 13.3. The molecule has 0 saturated carbocycles. The number of ether oxygens (including phenoxy) is 1. The summed E-state index contributed by atoms with van der Waals surface area (Å²) in [5.74, 6) is -0.514. The van der Waals surface area contributed by atoms with Gasteiger partial charge >= 0.3 is 5.97 Å². The maximum atomic E-state index is 13.3. The summed E-state index contributed by atoms with van der Waals surface area (Å²) in [5.41, 5.74) is 4.70. The highest BCUT2D eigenvalue weighted by Crippen LogP contribution is 2.24. The molecular formula is C29H32N2O4. The van der Waals surface area contributed by atoms with Crippen LogP contribution in [-0.2, 0) is 35.5 Å². The van der Waals surface area contributed by atoms with Gasteiger partial charge < -0.3 is 14.4 Å². The molecule has 6 nitrogen and oxygen atoms in total. The smallest absolute Gasteiger partial charge is 0.335 e. The zero-order valence-electron chi connectivity index (χ0n) is 20.6. The highest BCUT2D eigenvalue weighted by molar-refractivity contribution is 6.06. The largest absolute Gasteiger partial charge is 0.479 e. The molecule has 3 aromatic rings. The summed E-state index contributed by atoms with van der Waals surface area (Å²) in [7, 11) is 0. The number of hydrogen-bond donors (Lipinski definition) is 1. The Bertz CT molecular complexity index is 1230. The van der Waals surface area contributed by atoms with E-state index in [9.17, 15) is 14.7 Å². The number of carboxylic acid groups (broad SMARTS) is 1. The van der Waals surface area contributed by atoms with Gasteiger partial charge in [0.15, 0.2) is 11.4 Å². The van der Waals surface area contributed by atoms with Crippen molar-refractivity contribution in [1.29, 1.82) is 0 Å². The lowest BCUT2D eigenvalue weighted by atomic mass is 10.0. The van der Waals surface area contributed by atoms with Crippen LogP contribution in [0.4, 0.5) is 0 Å². The molecule has 182 valence electrons. The number of carboxylic acids is 1. The number of rotatable bonds is 9. The topological polar surface area (TPSA) is 81.4 Å². The van der Waals surface area contributed by atoms with E-state index >= 15 is 0 Å². The molecule has 0 radical (unpaired) electrons. The Labute approximate surface area is 206 Å². The molecule has 1 N–H and O–H groups in total. The lowest BCUT2D eigenvalue weighted by molar-refractivity contribution is -0.162. The number of imidazole rings is 1. The van der Waals surface area contributed by atoms with Gasteiger partial charge in [-0.3, -0.25) is 4.79 Å². The molecule has 1 heterocycles. The van der Waals surface area contributed by atoms with Crippen molar-refractivity contribution in [3.05, 3.63) is 94.1 Å². The first-order chi connectivity index (χ1) is 16.7. The van der Waals surface area contributed by atoms with E-state index in [4.69, 9.17) is 9.72 Å². The average Bonchev–Trinajstić information content (AvgIpc) is 3.22. The number of aliphatic carboxylic acids is 1. The average molecular weight is 473 g/mol. The Morgan fingerprint density at radius 3 is 2.43 bits per heavy atom. The van der Waals surface area contributed by atoms with Crippen molar-refractivity contribution in [3.8, 4) is 0 Å². The quantitative estimate of drug-likeness (QED) is 0.422. The van der Waals surface area contributed by atoms with Crippen molar-refractivity contribution in [2.75, 3.05) is 0 Å². The molecule has 1 aromatic heterocycles. The molecule has 0 aliphatic heterocycles. The summed E-state index contributed by atoms with van der Waals surface area (Å²) in [6, 6.07) is 15.5. The van der Waals surface area contributed by atoms with E-state index in [2.05, 4.69) is 10.6 Å². The van der Waals surface area contributed by atoms with Crippen molar-refractivity contribution in [1.82, 2.24) is 9.55 Å². The van der Waals surface area contributed by atoms with Crippen LogP contribution in [0.5, 0.6) is 0 Å². The van der Waals surface area contributed by atoms with Gasteiger partial charge in [0.1, 0.15) is 0 Å². The highest BCUT2D eigenvalue weighted by atomic mass is 16.5. The molecule has 0 atom stereocenters. The van der Waals surface area contributed by atoms with E-state index in [0.29, 0.717) is 17.9 Å². The van der Waals surface area contributed by atoms with Gasteiger partial charge in [-0.05, 0) is 57.6 Å². The zero-order chi connectivity index (χ0) is 25.0. The second-order valence-electron chi connectivity index (χ2n) is 9.59. The normalized spacial score (nSPS) is 13.7. The van der Waals surface area contributed by atoms with Gasteiger partial charge in [0, 0.05) is 17.8 Å². The third kappa shape index (κ3) is 5.77. The summed E-state index contributed by atoms with van der Waals surface area (Å²) in [6.45, 7) is 5.90. The number of allylic oxidation sites excluding steroid dienone is 1. The minimum Gasteiger partial charge on any atom is -0.479 e. The number of aryl methyl sites for hydroxylation is 2. The molecule has 0 unspecified atom stereocenters. The molecule has 4 rings (SSSR count). The number of benzene rings is 2. The van der Waals surface area contributed by atoms with Gasteiger partial charge in [0.2, 0.25) is 5.78 Å². The van der Waals surface area contributed by atoms with Crippen LogP contribution in [0.3, 0.4) is 0 Å².